The van der Waals surface area contributed by atoms with Gasteiger partial charge < -0.3 is 15.0 Å². The Morgan fingerprint density at radius 2 is 2.15 bits per heavy atom. The molecule has 0 saturated heterocycles. The second kappa shape index (κ2) is 10.3. The van der Waals surface area contributed by atoms with Crippen molar-refractivity contribution in [2.24, 2.45) is 18.0 Å². The molecule has 0 aromatic carbocycles. The number of hydrogen-bond acceptors (Lipinski definition) is 3. The molecule has 0 spiro atoms. The molecule has 0 atom stereocenters. The molecule has 1 aromatic heterocycles. The van der Waals surface area contributed by atoms with Gasteiger partial charge in [0.05, 0.1) is 13.2 Å². The quantitative estimate of drug-likeness (QED) is 0.264. The second-order valence-corrected chi connectivity index (χ2v) is 6.28. The maximum Gasteiger partial charge on any atom is 0.435 e. The Balaban J connectivity index is 0.00000338. The Bertz CT molecular complexity index is 587. The molecule has 1 aliphatic carbocycles. The van der Waals surface area contributed by atoms with Crippen LogP contribution in [0.15, 0.2) is 11.2 Å². The van der Waals surface area contributed by atoms with Gasteiger partial charge in [-0.05, 0) is 25.7 Å². The number of alkyl halides is 3. The summed E-state index contributed by atoms with van der Waals surface area (Å²) in [5.41, 5.74) is -0.825. The summed E-state index contributed by atoms with van der Waals surface area (Å²) in [6.45, 7) is 4.43. The maximum absolute atomic E-state index is 13.0. The third-order valence-electron chi connectivity index (χ3n) is 3.89. The molecule has 0 unspecified atom stereocenters. The standard InChI is InChI=1S/C16H26F3N5O.HI/c1-4-20-15(23(2)7-8-25-11-12-5-6-12)21-9-13-10-24(3)22-14(13)16(17,18)19;/h10,12H,4-9,11H2,1-3H3,(H,20,21);1H. The molecule has 0 radical (unpaired) electrons. The SMILES string of the molecule is CCNC(=NCc1cn(C)nc1C(F)(F)F)N(C)CCOCC1CC1.I. The minimum absolute atomic E-state index is 0. The number of nitrogens with zero attached hydrogens (tertiary/aromatic N) is 4. The Kier molecular flexibility index (Phi) is 9.14. The van der Waals surface area contributed by atoms with Crippen LogP contribution in [0.1, 0.15) is 31.0 Å². The molecule has 0 bridgehead atoms. The molecule has 6 nitrogen and oxygen atoms in total. The maximum atomic E-state index is 13.0. The molecular weight excluding hydrogens is 462 g/mol. The van der Waals surface area contributed by atoms with Crippen molar-refractivity contribution in [1.29, 1.82) is 0 Å². The normalized spacial score (nSPS) is 14.9. The summed E-state index contributed by atoms with van der Waals surface area (Å²) in [5, 5.41) is 6.59. The summed E-state index contributed by atoms with van der Waals surface area (Å²) in [5.74, 6) is 1.26. The van der Waals surface area contributed by atoms with E-state index in [9.17, 15) is 13.2 Å². The van der Waals surface area contributed by atoms with E-state index >= 15 is 0 Å². The summed E-state index contributed by atoms with van der Waals surface area (Å²) >= 11 is 0. The molecule has 1 aliphatic rings. The molecule has 10 heteroatoms. The van der Waals surface area contributed by atoms with Crippen molar-refractivity contribution >= 4 is 29.9 Å². The van der Waals surface area contributed by atoms with Crippen LogP contribution in [0.5, 0.6) is 0 Å². The third-order valence-corrected chi connectivity index (χ3v) is 3.89. The van der Waals surface area contributed by atoms with Crippen LogP contribution >= 0.6 is 24.0 Å². The minimum atomic E-state index is -4.48. The van der Waals surface area contributed by atoms with E-state index in [-0.39, 0.29) is 36.1 Å². The van der Waals surface area contributed by atoms with Crippen LogP contribution in [0.2, 0.25) is 0 Å². The lowest BCUT2D eigenvalue weighted by Gasteiger charge is -2.22. The van der Waals surface area contributed by atoms with Crippen LogP contribution in [0, 0.1) is 5.92 Å². The highest BCUT2D eigenvalue weighted by atomic mass is 127. The van der Waals surface area contributed by atoms with Crippen molar-refractivity contribution in [3.8, 4) is 0 Å². The van der Waals surface area contributed by atoms with Crippen LogP contribution in [0.3, 0.4) is 0 Å². The van der Waals surface area contributed by atoms with Crippen molar-refractivity contribution < 1.29 is 17.9 Å². The van der Waals surface area contributed by atoms with Crippen molar-refractivity contribution in [3.63, 3.8) is 0 Å². The molecule has 26 heavy (non-hydrogen) atoms. The summed E-state index contributed by atoms with van der Waals surface area (Å²) in [7, 11) is 3.31. The van der Waals surface area contributed by atoms with E-state index in [0.717, 1.165) is 11.3 Å². The zero-order valence-electron chi connectivity index (χ0n) is 15.3. The number of likely N-dealkylation sites (N-methyl/N-ethyl adjacent to an activating group) is 1. The number of guanidine groups is 1. The minimum Gasteiger partial charge on any atom is -0.379 e. The van der Waals surface area contributed by atoms with E-state index < -0.39 is 11.9 Å². The van der Waals surface area contributed by atoms with E-state index in [4.69, 9.17) is 4.74 Å². The number of ether oxygens (including phenoxy) is 1. The largest absolute Gasteiger partial charge is 0.435 e. The van der Waals surface area contributed by atoms with E-state index in [1.807, 2.05) is 18.9 Å². The molecule has 1 saturated carbocycles. The number of aromatic nitrogens is 2. The average Bonchev–Trinajstić information content (AvgIpc) is 3.27. The molecule has 150 valence electrons. The van der Waals surface area contributed by atoms with Crippen molar-refractivity contribution in [2.75, 3.05) is 33.4 Å². The van der Waals surface area contributed by atoms with Crippen LogP contribution in [0.25, 0.3) is 0 Å². The molecule has 1 aromatic rings. The first kappa shape index (κ1) is 23.0. The first-order valence-corrected chi connectivity index (χ1v) is 8.48. The fraction of sp³-hybridized carbons (Fsp3) is 0.750. The molecule has 0 amide bonds. The van der Waals surface area contributed by atoms with Crippen LogP contribution in [0.4, 0.5) is 13.2 Å². The van der Waals surface area contributed by atoms with Gasteiger partial charge in [-0.1, -0.05) is 0 Å². The highest BCUT2D eigenvalue weighted by Crippen LogP contribution is 2.31. The average molecular weight is 489 g/mol. The molecule has 0 aliphatic heterocycles. The number of rotatable bonds is 8. The molecule has 2 rings (SSSR count). The van der Waals surface area contributed by atoms with Crippen LogP contribution in [-0.2, 0) is 24.5 Å². The van der Waals surface area contributed by atoms with Gasteiger partial charge in [0.25, 0.3) is 0 Å². The summed E-state index contributed by atoms with van der Waals surface area (Å²) in [6, 6.07) is 0. The van der Waals surface area contributed by atoms with Gasteiger partial charge in [0, 0.05) is 45.6 Å². The van der Waals surface area contributed by atoms with Crippen molar-refractivity contribution in [3.05, 3.63) is 17.5 Å². The van der Waals surface area contributed by atoms with E-state index in [1.54, 1.807) is 0 Å². The van der Waals surface area contributed by atoms with E-state index in [2.05, 4.69) is 15.4 Å². The fourth-order valence-corrected chi connectivity index (χ4v) is 2.36. The van der Waals surface area contributed by atoms with Gasteiger partial charge in [0.1, 0.15) is 0 Å². The zero-order valence-corrected chi connectivity index (χ0v) is 17.7. The smallest absolute Gasteiger partial charge is 0.379 e. The van der Waals surface area contributed by atoms with Gasteiger partial charge in [0.2, 0.25) is 0 Å². The number of aryl methyl sites for hydroxylation is 1. The molecule has 1 heterocycles. The van der Waals surface area contributed by atoms with Gasteiger partial charge >= 0.3 is 6.18 Å². The van der Waals surface area contributed by atoms with Gasteiger partial charge in [-0.15, -0.1) is 24.0 Å². The van der Waals surface area contributed by atoms with Gasteiger partial charge in [0.15, 0.2) is 11.7 Å². The van der Waals surface area contributed by atoms with Crippen molar-refractivity contribution in [2.45, 2.75) is 32.5 Å². The number of nitrogens with one attached hydrogen (secondary N) is 1. The fourth-order valence-electron chi connectivity index (χ4n) is 2.36. The predicted molar refractivity (Wildman–Crippen MR) is 105 cm³/mol. The third kappa shape index (κ3) is 7.29. The Morgan fingerprint density at radius 3 is 2.73 bits per heavy atom. The van der Waals surface area contributed by atoms with Gasteiger partial charge in [-0.3, -0.25) is 4.68 Å². The van der Waals surface area contributed by atoms with E-state index in [1.165, 1.54) is 26.1 Å². The lowest BCUT2D eigenvalue weighted by molar-refractivity contribution is -0.142. The molecule has 1 fully saturated rings. The second-order valence-electron chi connectivity index (χ2n) is 6.28. The highest BCUT2D eigenvalue weighted by molar-refractivity contribution is 14.0. The molecule has 1 N–H and O–H groups in total. The number of hydrogen-bond donors (Lipinski definition) is 1. The first-order valence-electron chi connectivity index (χ1n) is 8.48. The summed E-state index contributed by atoms with van der Waals surface area (Å²) in [6.07, 6.45) is -0.638. The van der Waals surface area contributed by atoms with Crippen LogP contribution < -0.4 is 5.32 Å². The Hall–Kier alpha value is -1.04. The Morgan fingerprint density at radius 1 is 1.46 bits per heavy atom. The lowest BCUT2D eigenvalue weighted by atomic mass is 10.2. The Labute approximate surface area is 169 Å². The lowest BCUT2D eigenvalue weighted by Crippen LogP contribution is -2.40. The summed E-state index contributed by atoms with van der Waals surface area (Å²) < 4.78 is 45.8. The van der Waals surface area contributed by atoms with Crippen LogP contribution in [-0.4, -0.2) is 54.0 Å². The number of aliphatic imine (C=N–C) groups is 1. The summed E-state index contributed by atoms with van der Waals surface area (Å²) in [4.78, 5) is 6.18. The van der Waals surface area contributed by atoms with E-state index in [0.29, 0.717) is 31.6 Å². The van der Waals surface area contributed by atoms with Crippen molar-refractivity contribution in [1.82, 2.24) is 20.0 Å². The topological polar surface area (TPSA) is 54.7 Å². The first-order chi connectivity index (χ1) is 11.8. The van der Waals surface area contributed by atoms with Gasteiger partial charge in [-0.2, -0.15) is 18.3 Å². The molecular formula is C16H27F3IN5O. The monoisotopic (exact) mass is 489 g/mol. The predicted octanol–water partition coefficient (Wildman–Crippen LogP) is 2.88. The number of halogens is 4. The zero-order chi connectivity index (χ0) is 18.4. The highest BCUT2D eigenvalue weighted by Gasteiger charge is 2.36. The van der Waals surface area contributed by atoms with Gasteiger partial charge in [-0.25, -0.2) is 4.99 Å².